The molecule has 0 heterocycles. The molecular weight excluding hydrogens is 334 g/mol. The largest absolute Gasteiger partial charge is 0.462 e. The lowest BCUT2D eigenvalue weighted by Crippen LogP contribution is -2.87. The average molecular weight is 375 g/mol. The van der Waals surface area contributed by atoms with Gasteiger partial charge in [-0.05, 0) is 80.5 Å². The van der Waals surface area contributed by atoms with Crippen molar-refractivity contribution >= 4 is 5.97 Å². The topological polar surface area (TPSA) is 42.9 Å². The zero-order valence-electron chi connectivity index (χ0n) is 18.1. The second-order valence-corrected chi connectivity index (χ2v) is 10.7. The number of hydrogen-bond acceptors (Lipinski definition) is 2. The maximum Gasteiger partial charge on any atom is 0.302 e. The normalized spacial score (nSPS) is 47.3. The Morgan fingerprint density at radius 2 is 1.96 bits per heavy atom. The van der Waals surface area contributed by atoms with Gasteiger partial charge in [0.05, 0.1) is 13.1 Å². The summed E-state index contributed by atoms with van der Waals surface area (Å²) in [6.07, 6.45) is 12.9. The fourth-order valence-electron chi connectivity index (χ4n) is 8.10. The van der Waals surface area contributed by atoms with Gasteiger partial charge in [0.2, 0.25) is 0 Å². The van der Waals surface area contributed by atoms with Gasteiger partial charge in [0.25, 0.3) is 0 Å². The maximum atomic E-state index is 11.4. The highest BCUT2D eigenvalue weighted by atomic mass is 16.5. The molecule has 3 saturated carbocycles. The van der Waals surface area contributed by atoms with Gasteiger partial charge < -0.3 is 10.1 Å². The van der Waals surface area contributed by atoms with Crippen LogP contribution in [-0.4, -0.2) is 25.2 Å². The number of fused-ring (bicyclic) bond motifs is 5. The van der Waals surface area contributed by atoms with E-state index in [1.807, 2.05) is 0 Å². The van der Waals surface area contributed by atoms with E-state index in [0.717, 1.165) is 42.6 Å². The van der Waals surface area contributed by atoms with Crippen LogP contribution in [0.2, 0.25) is 0 Å². The summed E-state index contributed by atoms with van der Waals surface area (Å²) in [5.41, 5.74) is 2.50. The maximum absolute atomic E-state index is 11.4. The summed E-state index contributed by atoms with van der Waals surface area (Å²) in [5, 5.41) is 2.45. The number of rotatable bonds is 3. The van der Waals surface area contributed by atoms with Crippen molar-refractivity contribution in [3.63, 3.8) is 0 Å². The molecule has 3 nitrogen and oxygen atoms in total. The second kappa shape index (κ2) is 6.90. The summed E-state index contributed by atoms with van der Waals surface area (Å²) in [6, 6.07) is 0.751. The Balaban J connectivity index is 1.56. The summed E-state index contributed by atoms with van der Waals surface area (Å²) < 4.78 is 5.58. The van der Waals surface area contributed by atoms with Crippen molar-refractivity contribution < 1.29 is 14.8 Å². The highest BCUT2D eigenvalue weighted by molar-refractivity contribution is 5.66. The standard InChI is InChI=1S/C24H39NO2/c1-15(25-5)20-8-9-21-19-7-6-17-14-18(27-16(2)26)10-12-23(17,3)22(19)11-13-24(20,21)4/h6,15,18-22,25H,7-14H2,1-5H3/p+1/t15-,18+,19-,20+,21+,22-,23+,24-/m1/s1. The zero-order chi connectivity index (χ0) is 19.4. The van der Waals surface area contributed by atoms with Crippen molar-refractivity contribution in [2.45, 2.75) is 91.2 Å². The predicted molar refractivity (Wildman–Crippen MR) is 108 cm³/mol. The van der Waals surface area contributed by atoms with Gasteiger partial charge in [-0.15, -0.1) is 0 Å². The first kappa shape index (κ1) is 19.5. The van der Waals surface area contributed by atoms with E-state index in [2.05, 4.69) is 39.2 Å². The summed E-state index contributed by atoms with van der Waals surface area (Å²) in [7, 11) is 2.26. The molecule has 0 aromatic heterocycles. The first-order chi connectivity index (χ1) is 12.8. The lowest BCUT2D eigenvalue weighted by Gasteiger charge is -2.58. The minimum atomic E-state index is -0.120. The van der Waals surface area contributed by atoms with E-state index in [9.17, 15) is 4.79 Å². The highest BCUT2D eigenvalue weighted by Gasteiger charge is 2.59. The fourth-order valence-corrected chi connectivity index (χ4v) is 8.10. The average Bonchev–Trinajstić information content (AvgIpc) is 2.98. The molecule has 4 rings (SSSR count). The van der Waals surface area contributed by atoms with Crippen LogP contribution in [0.5, 0.6) is 0 Å². The Hall–Kier alpha value is -0.830. The molecule has 0 spiro atoms. The molecule has 152 valence electrons. The highest BCUT2D eigenvalue weighted by Crippen LogP contribution is 2.66. The summed E-state index contributed by atoms with van der Waals surface area (Å²) in [5.74, 6) is 3.38. The van der Waals surface area contributed by atoms with Crippen LogP contribution in [-0.2, 0) is 9.53 Å². The van der Waals surface area contributed by atoms with Crippen LogP contribution < -0.4 is 5.32 Å². The van der Waals surface area contributed by atoms with Gasteiger partial charge in [0.15, 0.2) is 0 Å². The molecule has 0 aromatic carbocycles. The minimum absolute atomic E-state index is 0.115. The molecule has 27 heavy (non-hydrogen) atoms. The molecule has 4 aliphatic carbocycles. The molecule has 0 radical (unpaired) electrons. The van der Waals surface area contributed by atoms with E-state index in [1.165, 1.54) is 38.5 Å². The van der Waals surface area contributed by atoms with Gasteiger partial charge in [-0.25, -0.2) is 0 Å². The van der Waals surface area contributed by atoms with Crippen LogP contribution in [0.3, 0.4) is 0 Å². The van der Waals surface area contributed by atoms with Crippen molar-refractivity contribution in [3.8, 4) is 0 Å². The number of allylic oxidation sites excluding steroid dienone is 1. The van der Waals surface area contributed by atoms with Crippen LogP contribution in [0.25, 0.3) is 0 Å². The van der Waals surface area contributed by atoms with Crippen molar-refractivity contribution in [3.05, 3.63) is 11.6 Å². The third kappa shape index (κ3) is 2.99. The summed E-state index contributed by atoms with van der Waals surface area (Å²) in [6.45, 7) is 9.16. The molecule has 3 fully saturated rings. The fraction of sp³-hybridized carbons (Fsp3) is 0.875. The molecule has 0 unspecified atom stereocenters. The van der Waals surface area contributed by atoms with Gasteiger partial charge in [0, 0.05) is 19.3 Å². The SMILES string of the molecule is C[NH2+][C@H](C)[C@@H]1CC[C@H]2[C@H]3CC=C4C[C@@H](OC(C)=O)CC[C@]4(C)[C@@H]3CC[C@@]21C. The van der Waals surface area contributed by atoms with Crippen LogP contribution in [0.4, 0.5) is 0 Å². The van der Waals surface area contributed by atoms with Gasteiger partial charge in [0.1, 0.15) is 6.10 Å². The van der Waals surface area contributed by atoms with E-state index in [4.69, 9.17) is 4.74 Å². The zero-order valence-corrected chi connectivity index (χ0v) is 18.1. The van der Waals surface area contributed by atoms with Crippen LogP contribution in [0, 0.1) is 34.5 Å². The molecule has 8 atom stereocenters. The third-order valence-electron chi connectivity index (χ3n) is 9.63. The Bertz CT molecular complexity index is 628. The Labute approximate surface area is 165 Å². The number of carbonyl (C=O) groups excluding carboxylic acids is 1. The number of hydrogen-bond donors (Lipinski definition) is 1. The number of nitrogens with two attached hydrogens (primary N) is 1. The Morgan fingerprint density at radius 1 is 1.19 bits per heavy atom. The smallest absolute Gasteiger partial charge is 0.302 e. The Morgan fingerprint density at radius 3 is 2.67 bits per heavy atom. The number of carbonyl (C=O) groups is 1. The molecule has 0 aliphatic heterocycles. The second-order valence-electron chi connectivity index (χ2n) is 10.7. The van der Waals surface area contributed by atoms with E-state index < -0.39 is 0 Å². The lowest BCUT2D eigenvalue weighted by molar-refractivity contribution is -0.669. The number of esters is 1. The van der Waals surface area contributed by atoms with E-state index in [0.29, 0.717) is 10.8 Å². The lowest BCUT2D eigenvalue weighted by atomic mass is 9.47. The van der Waals surface area contributed by atoms with E-state index in [-0.39, 0.29) is 12.1 Å². The van der Waals surface area contributed by atoms with Gasteiger partial charge in [-0.2, -0.15) is 0 Å². The van der Waals surface area contributed by atoms with Gasteiger partial charge in [-0.1, -0.05) is 25.5 Å². The number of ether oxygens (including phenoxy) is 1. The molecule has 4 aliphatic rings. The first-order valence-corrected chi connectivity index (χ1v) is 11.5. The van der Waals surface area contributed by atoms with Crippen molar-refractivity contribution in [2.24, 2.45) is 34.5 Å². The van der Waals surface area contributed by atoms with Crippen LogP contribution >= 0.6 is 0 Å². The van der Waals surface area contributed by atoms with Gasteiger partial charge in [-0.3, -0.25) is 4.79 Å². The molecule has 3 heteroatoms. The predicted octanol–water partition coefficient (Wildman–Crippen LogP) is 4.08. The molecule has 0 bridgehead atoms. The molecule has 0 aromatic rings. The molecule has 2 N–H and O–H groups in total. The molecular formula is C24H40NO2+. The number of quaternary nitrogens is 1. The summed E-state index contributed by atoms with van der Waals surface area (Å²) >= 11 is 0. The minimum Gasteiger partial charge on any atom is -0.462 e. The van der Waals surface area contributed by atoms with Gasteiger partial charge >= 0.3 is 5.97 Å². The van der Waals surface area contributed by atoms with Crippen molar-refractivity contribution in [1.29, 1.82) is 0 Å². The van der Waals surface area contributed by atoms with Crippen LogP contribution in [0.15, 0.2) is 11.6 Å². The molecule has 0 saturated heterocycles. The van der Waals surface area contributed by atoms with E-state index in [1.54, 1.807) is 12.5 Å². The molecule has 0 amide bonds. The first-order valence-electron chi connectivity index (χ1n) is 11.5. The van der Waals surface area contributed by atoms with Crippen LogP contribution in [0.1, 0.15) is 79.1 Å². The van der Waals surface area contributed by atoms with Crippen molar-refractivity contribution in [2.75, 3.05) is 7.05 Å². The van der Waals surface area contributed by atoms with Crippen molar-refractivity contribution in [1.82, 2.24) is 0 Å². The quantitative estimate of drug-likeness (QED) is 0.597. The third-order valence-corrected chi connectivity index (χ3v) is 9.63. The summed E-state index contributed by atoms with van der Waals surface area (Å²) in [4.78, 5) is 11.4. The monoisotopic (exact) mass is 374 g/mol. The van der Waals surface area contributed by atoms with E-state index >= 15 is 0 Å². The Kier molecular flexibility index (Phi) is 4.98.